The number of carbonyl (C=O) groups is 2. The van der Waals surface area contributed by atoms with Crippen molar-refractivity contribution in [2.24, 2.45) is 0 Å². The topological polar surface area (TPSA) is 57.6 Å². The van der Waals surface area contributed by atoms with E-state index in [1.54, 1.807) is 20.8 Å². The molecule has 0 aliphatic heterocycles. The minimum Gasteiger partial charge on any atom is -0.481 e. The smallest absolute Gasteiger partial charge is 0.305 e. The Bertz CT molecular complexity index is 544. The number of amides is 1. The van der Waals surface area contributed by atoms with Crippen molar-refractivity contribution < 1.29 is 27.9 Å². The number of hydrogen-bond donors (Lipinski definition) is 1. The maximum Gasteiger partial charge on any atom is 0.305 e. The van der Waals surface area contributed by atoms with Gasteiger partial charge in [-0.15, -0.1) is 0 Å². The van der Waals surface area contributed by atoms with Gasteiger partial charge in [-0.25, -0.2) is 13.2 Å². The summed E-state index contributed by atoms with van der Waals surface area (Å²) in [5.74, 6) is -5.92. The second-order valence-electron chi connectivity index (χ2n) is 5.52. The van der Waals surface area contributed by atoms with Crippen molar-refractivity contribution in [3.8, 4) is 0 Å². The summed E-state index contributed by atoms with van der Waals surface area (Å²) in [7, 11) is 0. The molecule has 4 nitrogen and oxygen atoms in total. The molecule has 1 aromatic rings. The van der Waals surface area contributed by atoms with Crippen molar-refractivity contribution in [3.05, 3.63) is 35.1 Å². The van der Waals surface area contributed by atoms with E-state index in [0.29, 0.717) is 12.1 Å². The Balaban J connectivity index is 3.20. The van der Waals surface area contributed by atoms with Crippen molar-refractivity contribution in [2.45, 2.75) is 32.7 Å². The molecule has 1 amide bonds. The highest BCUT2D eigenvalue weighted by atomic mass is 19.1. The second-order valence-corrected chi connectivity index (χ2v) is 5.52. The molecule has 0 radical (unpaired) electrons. The summed E-state index contributed by atoms with van der Waals surface area (Å²) >= 11 is 0. The van der Waals surface area contributed by atoms with Gasteiger partial charge in [-0.2, -0.15) is 0 Å². The molecule has 0 spiro atoms. The van der Waals surface area contributed by atoms with Crippen LogP contribution in [0.15, 0.2) is 12.1 Å². The van der Waals surface area contributed by atoms with E-state index in [0.717, 1.165) is 4.90 Å². The molecule has 1 N–H and O–H groups in total. The minimum absolute atomic E-state index is 0.214. The van der Waals surface area contributed by atoms with Gasteiger partial charge in [0, 0.05) is 24.2 Å². The van der Waals surface area contributed by atoms with Gasteiger partial charge in [0.05, 0.1) is 6.42 Å². The molecule has 21 heavy (non-hydrogen) atoms. The summed E-state index contributed by atoms with van der Waals surface area (Å²) < 4.78 is 40.2. The van der Waals surface area contributed by atoms with Crippen LogP contribution in [0.3, 0.4) is 0 Å². The summed E-state index contributed by atoms with van der Waals surface area (Å²) in [5, 5.41) is 8.69. The number of halogens is 3. The molecule has 0 bridgehead atoms. The maximum atomic E-state index is 13.7. The molecule has 0 aromatic heterocycles. The monoisotopic (exact) mass is 303 g/mol. The fourth-order valence-corrected chi connectivity index (χ4v) is 1.83. The zero-order valence-corrected chi connectivity index (χ0v) is 11.9. The molecule has 7 heteroatoms. The first-order valence-electron chi connectivity index (χ1n) is 6.22. The van der Waals surface area contributed by atoms with Gasteiger partial charge in [0.15, 0.2) is 0 Å². The lowest BCUT2D eigenvalue weighted by Crippen LogP contribution is -2.47. The largest absolute Gasteiger partial charge is 0.481 e. The van der Waals surface area contributed by atoms with Crippen LogP contribution in [0.4, 0.5) is 13.2 Å². The van der Waals surface area contributed by atoms with Gasteiger partial charge in [-0.1, -0.05) is 0 Å². The predicted molar refractivity (Wildman–Crippen MR) is 69.4 cm³/mol. The van der Waals surface area contributed by atoms with Crippen LogP contribution in [0.25, 0.3) is 0 Å². The Morgan fingerprint density at radius 2 is 1.62 bits per heavy atom. The van der Waals surface area contributed by atoms with Crippen LogP contribution in [-0.2, 0) is 4.79 Å². The lowest BCUT2D eigenvalue weighted by atomic mass is 10.0. The Hall–Kier alpha value is -2.05. The van der Waals surface area contributed by atoms with Gasteiger partial charge in [0.2, 0.25) is 0 Å². The number of rotatable bonds is 4. The zero-order chi connectivity index (χ0) is 16.4. The van der Waals surface area contributed by atoms with E-state index < -0.39 is 40.4 Å². The van der Waals surface area contributed by atoms with Crippen molar-refractivity contribution in [3.63, 3.8) is 0 Å². The summed E-state index contributed by atoms with van der Waals surface area (Å²) in [6.07, 6.45) is -0.368. The van der Waals surface area contributed by atoms with Gasteiger partial charge in [-0.3, -0.25) is 9.59 Å². The van der Waals surface area contributed by atoms with E-state index in [-0.39, 0.29) is 13.0 Å². The van der Waals surface area contributed by atoms with Gasteiger partial charge >= 0.3 is 5.97 Å². The quantitative estimate of drug-likeness (QED) is 0.930. The Morgan fingerprint density at radius 1 is 1.14 bits per heavy atom. The van der Waals surface area contributed by atoms with Gasteiger partial charge in [-0.05, 0) is 20.8 Å². The number of nitrogens with zero attached hydrogens (tertiary/aromatic N) is 1. The lowest BCUT2D eigenvalue weighted by Gasteiger charge is -2.35. The van der Waals surface area contributed by atoms with E-state index >= 15 is 0 Å². The fraction of sp³-hybridized carbons (Fsp3) is 0.429. The first kappa shape index (κ1) is 17.0. The standard InChI is InChI=1S/C14H16F3NO3/c1-14(2,3)18(5-4-11(19)20)13(21)12-9(16)6-8(15)7-10(12)17/h6-7H,4-5H2,1-3H3,(H,19,20). The molecular weight excluding hydrogens is 287 g/mol. The molecule has 1 rings (SSSR count). The number of carboxylic acid groups (broad SMARTS) is 1. The summed E-state index contributed by atoms with van der Waals surface area (Å²) in [6, 6.07) is 0.822. The summed E-state index contributed by atoms with van der Waals surface area (Å²) in [4.78, 5) is 24.0. The van der Waals surface area contributed by atoms with E-state index in [1.807, 2.05) is 0 Å². The molecule has 0 atom stereocenters. The summed E-state index contributed by atoms with van der Waals surface area (Å²) in [5.41, 5.74) is -1.74. The molecule has 0 aliphatic carbocycles. The third-order valence-corrected chi connectivity index (χ3v) is 2.82. The molecule has 0 saturated carbocycles. The van der Waals surface area contributed by atoms with Crippen LogP contribution in [0.5, 0.6) is 0 Å². The van der Waals surface area contributed by atoms with Crippen LogP contribution in [0, 0.1) is 17.5 Å². The minimum atomic E-state index is -1.32. The first-order valence-corrected chi connectivity index (χ1v) is 6.22. The molecule has 0 aliphatic rings. The van der Waals surface area contributed by atoms with E-state index in [9.17, 15) is 22.8 Å². The molecule has 0 unspecified atom stereocenters. The number of benzene rings is 1. The molecular formula is C14H16F3NO3. The summed E-state index contributed by atoms with van der Waals surface area (Å²) in [6.45, 7) is 4.60. The average molecular weight is 303 g/mol. The Morgan fingerprint density at radius 3 is 2.00 bits per heavy atom. The van der Waals surface area contributed by atoms with Crippen molar-refractivity contribution in [2.75, 3.05) is 6.54 Å². The van der Waals surface area contributed by atoms with Crippen LogP contribution in [0.2, 0.25) is 0 Å². The highest BCUT2D eigenvalue weighted by molar-refractivity contribution is 5.95. The van der Waals surface area contributed by atoms with Crippen molar-refractivity contribution >= 4 is 11.9 Å². The number of hydrogen-bond acceptors (Lipinski definition) is 2. The van der Waals surface area contributed by atoms with Gasteiger partial charge in [0.25, 0.3) is 5.91 Å². The Kier molecular flexibility index (Phi) is 4.98. The van der Waals surface area contributed by atoms with Crippen LogP contribution in [-0.4, -0.2) is 34.0 Å². The van der Waals surface area contributed by atoms with Crippen LogP contribution >= 0.6 is 0 Å². The van der Waals surface area contributed by atoms with E-state index in [1.165, 1.54) is 0 Å². The van der Waals surface area contributed by atoms with Crippen LogP contribution in [0.1, 0.15) is 37.6 Å². The van der Waals surface area contributed by atoms with Gasteiger partial charge < -0.3 is 10.0 Å². The van der Waals surface area contributed by atoms with E-state index in [2.05, 4.69) is 0 Å². The van der Waals surface area contributed by atoms with Crippen molar-refractivity contribution in [1.82, 2.24) is 4.90 Å². The van der Waals surface area contributed by atoms with Crippen LogP contribution < -0.4 is 0 Å². The number of carbonyl (C=O) groups excluding carboxylic acids is 1. The molecule has 0 saturated heterocycles. The third kappa shape index (κ3) is 4.21. The van der Waals surface area contributed by atoms with Crippen molar-refractivity contribution in [1.29, 1.82) is 0 Å². The highest BCUT2D eigenvalue weighted by Crippen LogP contribution is 2.22. The Labute approximate surface area is 120 Å². The molecule has 1 aromatic carbocycles. The number of aliphatic carboxylic acids is 1. The first-order chi connectivity index (χ1) is 9.54. The number of carboxylic acids is 1. The average Bonchev–Trinajstić information content (AvgIpc) is 2.24. The SMILES string of the molecule is CC(C)(C)N(CCC(=O)O)C(=O)c1c(F)cc(F)cc1F. The predicted octanol–water partition coefficient (Wildman–Crippen LogP) is 2.82. The lowest BCUT2D eigenvalue weighted by molar-refractivity contribution is -0.137. The van der Waals surface area contributed by atoms with E-state index in [4.69, 9.17) is 5.11 Å². The zero-order valence-electron chi connectivity index (χ0n) is 11.9. The second kappa shape index (κ2) is 6.15. The third-order valence-electron chi connectivity index (χ3n) is 2.82. The molecule has 0 fully saturated rings. The van der Waals surface area contributed by atoms with Gasteiger partial charge in [0.1, 0.15) is 23.0 Å². The molecule has 116 valence electrons. The molecule has 0 heterocycles. The highest BCUT2D eigenvalue weighted by Gasteiger charge is 2.31. The normalized spacial score (nSPS) is 11.3. The maximum absolute atomic E-state index is 13.7. The fourth-order valence-electron chi connectivity index (χ4n) is 1.83.